The quantitative estimate of drug-likeness (QED) is 0.759. The molecule has 2 aromatic carbocycles. The fraction of sp³-hybridized carbons (Fsp3) is 0.250. The van der Waals surface area contributed by atoms with Gasteiger partial charge in [-0.05, 0) is 30.5 Å². The summed E-state index contributed by atoms with van der Waals surface area (Å²) < 4.78 is 5.76. The van der Waals surface area contributed by atoms with Crippen molar-refractivity contribution in [1.29, 1.82) is 0 Å². The lowest BCUT2D eigenvalue weighted by Gasteiger charge is -2.26. The number of amides is 1. The molecule has 0 unspecified atom stereocenters. The molecule has 0 spiro atoms. The molecular formula is C20H20N4O2. The molecule has 2 N–H and O–H groups in total. The highest BCUT2D eigenvalue weighted by molar-refractivity contribution is 5.80. The molecule has 0 saturated heterocycles. The molecule has 1 amide bonds. The van der Waals surface area contributed by atoms with Gasteiger partial charge >= 0.3 is 0 Å². The zero-order valence-electron chi connectivity index (χ0n) is 14.5. The number of hydrogen-bond acceptors (Lipinski definition) is 4. The van der Waals surface area contributed by atoms with Gasteiger partial charge in [-0.2, -0.15) is 5.10 Å². The van der Waals surface area contributed by atoms with Gasteiger partial charge in [0.25, 0.3) is 0 Å². The summed E-state index contributed by atoms with van der Waals surface area (Å²) in [7, 11) is 0. The van der Waals surface area contributed by atoms with Crippen LogP contribution in [0.25, 0.3) is 0 Å². The van der Waals surface area contributed by atoms with Crippen molar-refractivity contribution < 1.29 is 9.53 Å². The van der Waals surface area contributed by atoms with Crippen LogP contribution in [0.4, 0.5) is 0 Å². The van der Waals surface area contributed by atoms with Gasteiger partial charge in [-0.25, -0.2) is 4.98 Å². The molecule has 2 atom stereocenters. The highest BCUT2D eigenvalue weighted by atomic mass is 16.5. The Kier molecular flexibility index (Phi) is 4.39. The Hall–Kier alpha value is -3.15. The summed E-state index contributed by atoms with van der Waals surface area (Å²) >= 11 is 0. The Morgan fingerprint density at radius 3 is 2.73 bits per heavy atom. The molecule has 1 aromatic heterocycles. The van der Waals surface area contributed by atoms with Crippen molar-refractivity contribution in [3.8, 4) is 5.75 Å². The van der Waals surface area contributed by atoms with Crippen molar-refractivity contribution in [1.82, 2.24) is 20.5 Å². The van der Waals surface area contributed by atoms with Crippen molar-refractivity contribution >= 4 is 5.91 Å². The van der Waals surface area contributed by atoms with E-state index in [4.69, 9.17) is 4.74 Å². The molecule has 4 rings (SSSR count). The normalized spacial score (nSPS) is 17.0. The Morgan fingerprint density at radius 2 is 1.96 bits per heavy atom. The van der Waals surface area contributed by atoms with Gasteiger partial charge in [0.2, 0.25) is 5.91 Å². The number of carbonyl (C=O) groups excluding carboxylic acids is 1. The number of aromatic amines is 1. The van der Waals surface area contributed by atoms with Crippen LogP contribution in [-0.4, -0.2) is 27.7 Å². The number of fused-ring (bicyclic) bond motifs is 1. The predicted octanol–water partition coefficient (Wildman–Crippen LogP) is 2.57. The second-order valence-corrected chi connectivity index (χ2v) is 6.45. The number of nitrogens with one attached hydrogen (secondary N) is 2. The Morgan fingerprint density at radius 1 is 1.19 bits per heavy atom. The third-order valence-corrected chi connectivity index (χ3v) is 4.54. The lowest BCUT2D eigenvalue weighted by molar-refractivity contribution is -0.126. The van der Waals surface area contributed by atoms with Crippen molar-refractivity contribution in [3.05, 3.63) is 77.4 Å². The summed E-state index contributed by atoms with van der Waals surface area (Å²) in [5.41, 5.74) is 2.00. The predicted molar refractivity (Wildman–Crippen MR) is 96.7 cm³/mol. The van der Waals surface area contributed by atoms with Crippen LogP contribution in [-0.2, 0) is 11.2 Å². The Bertz CT molecular complexity index is 907. The number of rotatable bonds is 4. The first-order chi connectivity index (χ1) is 12.7. The number of carbonyl (C=O) groups is 1. The van der Waals surface area contributed by atoms with Gasteiger partial charge in [-0.3, -0.25) is 9.89 Å². The summed E-state index contributed by atoms with van der Waals surface area (Å²) in [5, 5.41) is 10.2. The van der Waals surface area contributed by atoms with E-state index >= 15 is 0 Å². The lowest BCUT2D eigenvalue weighted by Crippen LogP contribution is -2.39. The van der Waals surface area contributed by atoms with Gasteiger partial charge in [0.15, 0.2) is 5.82 Å². The summed E-state index contributed by atoms with van der Waals surface area (Å²) in [4.78, 5) is 17.3. The number of H-pyrrole nitrogens is 1. The summed E-state index contributed by atoms with van der Waals surface area (Å²) in [5.74, 6) is 1.83. The average molecular weight is 348 g/mol. The molecule has 0 bridgehead atoms. The molecule has 1 aliphatic heterocycles. The minimum Gasteiger partial charge on any atom is -0.492 e. The highest BCUT2D eigenvalue weighted by Crippen LogP contribution is 2.28. The number of hydrogen-bond donors (Lipinski definition) is 2. The Balaban J connectivity index is 1.55. The molecule has 1 aliphatic rings. The number of benzene rings is 2. The minimum absolute atomic E-state index is 0.0594. The number of ether oxygens (including phenoxy) is 1. The largest absolute Gasteiger partial charge is 0.492 e. The van der Waals surface area contributed by atoms with Gasteiger partial charge < -0.3 is 10.1 Å². The molecule has 26 heavy (non-hydrogen) atoms. The third-order valence-electron chi connectivity index (χ3n) is 4.54. The van der Waals surface area contributed by atoms with Crippen LogP contribution < -0.4 is 10.1 Å². The average Bonchev–Trinajstić information content (AvgIpc) is 3.12. The van der Waals surface area contributed by atoms with E-state index in [-0.39, 0.29) is 11.8 Å². The maximum absolute atomic E-state index is 12.9. The van der Waals surface area contributed by atoms with Crippen LogP contribution in [0.3, 0.4) is 0 Å². The number of aromatic nitrogens is 3. The maximum atomic E-state index is 12.9. The number of para-hydroxylation sites is 1. The van der Waals surface area contributed by atoms with Crippen LogP contribution in [0.15, 0.2) is 54.6 Å². The van der Waals surface area contributed by atoms with Crippen molar-refractivity contribution in [2.24, 2.45) is 5.92 Å². The monoisotopic (exact) mass is 348 g/mol. The minimum atomic E-state index is -0.397. The Labute approximate surface area is 151 Å². The summed E-state index contributed by atoms with van der Waals surface area (Å²) in [6.07, 6.45) is 0.663. The fourth-order valence-electron chi connectivity index (χ4n) is 3.19. The van der Waals surface area contributed by atoms with Gasteiger partial charge in [-0.1, -0.05) is 48.5 Å². The molecule has 132 valence electrons. The van der Waals surface area contributed by atoms with Gasteiger partial charge in [-0.15, -0.1) is 0 Å². The zero-order chi connectivity index (χ0) is 17.9. The maximum Gasteiger partial charge on any atom is 0.227 e. The molecule has 0 saturated carbocycles. The van der Waals surface area contributed by atoms with E-state index in [1.807, 2.05) is 61.5 Å². The molecule has 3 aromatic rings. The van der Waals surface area contributed by atoms with Crippen LogP contribution in [0.5, 0.6) is 5.75 Å². The van der Waals surface area contributed by atoms with Crippen LogP contribution in [0, 0.1) is 12.8 Å². The van der Waals surface area contributed by atoms with Crippen LogP contribution in [0.2, 0.25) is 0 Å². The fourth-order valence-corrected chi connectivity index (χ4v) is 3.19. The van der Waals surface area contributed by atoms with E-state index < -0.39 is 6.04 Å². The topological polar surface area (TPSA) is 79.9 Å². The molecule has 0 radical (unpaired) electrons. The van der Waals surface area contributed by atoms with Gasteiger partial charge in [0, 0.05) is 0 Å². The molecule has 0 aliphatic carbocycles. The van der Waals surface area contributed by atoms with Gasteiger partial charge in [0.05, 0.1) is 5.92 Å². The van der Waals surface area contributed by atoms with E-state index in [9.17, 15) is 4.79 Å². The lowest BCUT2D eigenvalue weighted by atomic mass is 9.95. The number of nitrogens with zero attached hydrogens (tertiary/aromatic N) is 2. The highest BCUT2D eigenvalue weighted by Gasteiger charge is 2.29. The summed E-state index contributed by atoms with van der Waals surface area (Å²) in [6.45, 7) is 2.21. The molecule has 2 heterocycles. The molecule has 6 heteroatoms. The SMILES string of the molecule is Cc1nc([C@H](NC(=O)[C@@H]2COc3ccccc3C2)c2ccccc2)n[nH]1. The smallest absolute Gasteiger partial charge is 0.227 e. The van der Waals surface area contributed by atoms with Gasteiger partial charge in [0.1, 0.15) is 24.2 Å². The van der Waals surface area contributed by atoms with E-state index in [1.165, 1.54) is 0 Å². The molecule has 6 nitrogen and oxygen atoms in total. The first-order valence-electron chi connectivity index (χ1n) is 8.65. The third kappa shape index (κ3) is 3.31. The first kappa shape index (κ1) is 16.3. The van der Waals surface area contributed by atoms with Crippen LogP contribution in [0.1, 0.15) is 28.8 Å². The van der Waals surface area contributed by atoms with E-state index in [0.29, 0.717) is 24.7 Å². The second kappa shape index (κ2) is 7.00. The zero-order valence-corrected chi connectivity index (χ0v) is 14.5. The van der Waals surface area contributed by atoms with Crippen molar-refractivity contribution in [2.45, 2.75) is 19.4 Å². The summed E-state index contributed by atoms with van der Waals surface area (Å²) in [6, 6.07) is 17.2. The van der Waals surface area contributed by atoms with Crippen LogP contribution >= 0.6 is 0 Å². The second-order valence-electron chi connectivity index (χ2n) is 6.45. The number of aryl methyl sites for hydroxylation is 1. The van der Waals surface area contributed by atoms with Crippen molar-refractivity contribution in [3.63, 3.8) is 0 Å². The standard InChI is InChI=1S/C20H20N4O2/c1-13-21-19(24-23-13)18(14-7-3-2-4-8-14)22-20(25)16-11-15-9-5-6-10-17(15)26-12-16/h2-10,16,18H,11-12H2,1H3,(H,22,25)(H,21,23,24)/t16-,18+/m0/s1. The van der Waals surface area contributed by atoms with E-state index in [2.05, 4.69) is 20.5 Å². The van der Waals surface area contributed by atoms with E-state index in [1.54, 1.807) is 0 Å². The molecule has 0 fully saturated rings. The first-order valence-corrected chi connectivity index (χ1v) is 8.65. The van der Waals surface area contributed by atoms with Crippen molar-refractivity contribution in [2.75, 3.05) is 6.61 Å². The molecular weight excluding hydrogens is 328 g/mol. The van der Waals surface area contributed by atoms with E-state index in [0.717, 1.165) is 16.9 Å².